The largest absolute Gasteiger partial charge is 0.461 e. The van der Waals surface area contributed by atoms with E-state index in [0.29, 0.717) is 23.2 Å². The third kappa shape index (κ3) is 3.53. The summed E-state index contributed by atoms with van der Waals surface area (Å²) in [5.41, 5.74) is 1.01. The predicted molar refractivity (Wildman–Crippen MR) is 101 cm³/mol. The molecule has 5 heteroatoms. The summed E-state index contributed by atoms with van der Waals surface area (Å²) in [5.74, 6) is -0.226. The zero-order valence-corrected chi connectivity index (χ0v) is 14.4. The number of carbonyl (C=O) groups excluding carboxylic acids is 1. The van der Waals surface area contributed by atoms with Gasteiger partial charge < -0.3 is 13.6 Å². The normalized spacial score (nSPS) is 10.8. The highest BCUT2D eigenvalue weighted by atomic mass is 16.5. The number of furan rings is 1. The second kappa shape index (κ2) is 7.33. The number of ether oxygens (including phenoxy) is 1. The third-order valence-corrected chi connectivity index (χ3v) is 4.18. The van der Waals surface area contributed by atoms with Gasteiger partial charge in [0.05, 0.1) is 11.6 Å². The predicted octanol–water partition coefficient (Wildman–Crippen LogP) is 4.59. The fraction of sp³-hybridized carbons (Fsp3) is 0.0909. The average molecular weight is 360 g/mol. The maximum absolute atomic E-state index is 12.9. The van der Waals surface area contributed by atoms with Gasteiger partial charge in [-0.3, -0.25) is 9.59 Å². The molecule has 2 heterocycles. The van der Waals surface area contributed by atoms with E-state index in [1.54, 1.807) is 36.4 Å². The maximum Gasteiger partial charge on any atom is 0.311 e. The van der Waals surface area contributed by atoms with Crippen LogP contribution in [0.15, 0.2) is 86.6 Å². The molecule has 0 saturated carbocycles. The van der Waals surface area contributed by atoms with Crippen LogP contribution in [-0.4, -0.2) is 5.97 Å². The summed E-state index contributed by atoms with van der Waals surface area (Å²) < 4.78 is 16.6. The van der Waals surface area contributed by atoms with Crippen molar-refractivity contribution in [1.82, 2.24) is 0 Å². The summed E-state index contributed by atoms with van der Waals surface area (Å²) >= 11 is 0. The van der Waals surface area contributed by atoms with Gasteiger partial charge in [-0.15, -0.1) is 0 Å². The highest BCUT2D eigenvalue weighted by Crippen LogP contribution is 2.31. The molecule has 134 valence electrons. The van der Waals surface area contributed by atoms with E-state index in [9.17, 15) is 9.59 Å². The monoisotopic (exact) mass is 360 g/mol. The van der Waals surface area contributed by atoms with Crippen LogP contribution in [0.1, 0.15) is 12.0 Å². The van der Waals surface area contributed by atoms with E-state index >= 15 is 0 Å². The first-order chi connectivity index (χ1) is 13.2. The van der Waals surface area contributed by atoms with Crippen molar-refractivity contribution in [2.75, 3.05) is 0 Å². The van der Waals surface area contributed by atoms with Crippen LogP contribution >= 0.6 is 0 Å². The molecule has 0 radical (unpaired) electrons. The van der Waals surface area contributed by atoms with Crippen LogP contribution < -0.4 is 10.2 Å². The standard InChI is InChI=1S/C22H16O5/c23-19(13-12-15-7-2-1-3-8-15)27-22-20(24)16-9-4-5-10-17(16)26-21(22)18-11-6-14-25-18/h1-11,14H,12-13H2. The molecular weight excluding hydrogens is 344 g/mol. The number of esters is 1. The molecule has 0 aliphatic carbocycles. The number of benzene rings is 2. The van der Waals surface area contributed by atoms with Crippen molar-refractivity contribution in [3.63, 3.8) is 0 Å². The Bertz CT molecular complexity index is 1120. The van der Waals surface area contributed by atoms with Gasteiger partial charge in [-0.05, 0) is 36.2 Å². The molecule has 0 unspecified atom stereocenters. The van der Waals surface area contributed by atoms with E-state index in [-0.39, 0.29) is 17.9 Å². The summed E-state index contributed by atoms with van der Waals surface area (Å²) in [7, 11) is 0. The lowest BCUT2D eigenvalue weighted by Gasteiger charge is -2.09. The van der Waals surface area contributed by atoms with Crippen LogP contribution in [0.5, 0.6) is 5.75 Å². The van der Waals surface area contributed by atoms with E-state index < -0.39 is 11.4 Å². The van der Waals surface area contributed by atoms with E-state index in [0.717, 1.165) is 5.56 Å². The molecule has 5 nitrogen and oxygen atoms in total. The van der Waals surface area contributed by atoms with Crippen molar-refractivity contribution in [1.29, 1.82) is 0 Å². The first-order valence-electron chi connectivity index (χ1n) is 8.57. The number of carbonyl (C=O) groups is 1. The molecule has 2 aromatic heterocycles. The van der Waals surface area contributed by atoms with Crippen LogP contribution in [0.4, 0.5) is 0 Å². The Labute approximate surface area is 154 Å². The van der Waals surface area contributed by atoms with Crippen LogP contribution in [0.25, 0.3) is 22.5 Å². The molecule has 2 aromatic carbocycles. The zero-order valence-electron chi connectivity index (χ0n) is 14.4. The van der Waals surface area contributed by atoms with E-state index in [1.807, 2.05) is 30.3 Å². The summed E-state index contributed by atoms with van der Waals surface area (Å²) in [4.78, 5) is 25.2. The van der Waals surface area contributed by atoms with Gasteiger partial charge in [0, 0.05) is 6.42 Å². The second-order valence-electron chi connectivity index (χ2n) is 6.02. The zero-order chi connectivity index (χ0) is 18.6. The number of hydrogen-bond donors (Lipinski definition) is 0. The lowest BCUT2D eigenvalue weighted by Crippen LogP contribution is -2.16. The van der Waals surface area contributed by atoms with E-state index in [1.165, 1.54) is 6.26 Å². The molecule has 0 aliphatic heterocycles. The van der Waals surface area contributed by atoms with Crippen LogP contribution in [-0.2, 0) is 11.2 Å². The minimum atomic E-state index is -0.505. The Morgan fingerprint density at radius 1 is 0.926 bits per heavy atom. The highest BCUT2D eigenvalue weighted by Gasteiger charge is 2.21. The van der Waals surface area contributed by atoms with E-state index in [4.69, 9.17) is 13.6 Å². The number of aryl methyl sites for hydroxylation is 1. The summed E-state index contributed by atoms with van der Waals surface area (Å²) in [6, 6.07) is 19.7. The molecular formula is C22H16O5. The quantitative estimate of drug-likeness (QED) is 0.487. The van der Waals surface area contributed by atoms with Gasteiger partial charge in [-0.2, -0.15) is 0 Å². The van der Waals surface area contributed by atoms with Gasteiger partial charge in [0.1, 0.15) is 5.58 Å². The molecule has 4 aromatic rings. The molecule has 0 spiro atoms. The van der Waals surface area contributed by atoms with Gasteiger partial charge >= 0.3 is 5.97 Å². The lowest BCUT2D eigenvalue weighted by molar-refractivity contribution is -0.134. The van der Waals surface area contributed by atoms with Gasteiger partial charge in [-0.25, -0.2) is 0 Å². The summed E-state index contributed by atoms with van der Waals surface area (Å²) in [5, 5.41) is 0.346. The molecule has 0 bridgehead atoms. The molecule has 0 N–H and O–H groups in total. The van der Waals surface area contributed by atoms with Crippen molar-refractivity contribution >= 4 is 16.9 Å². The Hall–Kier alpha value is -3.60. The van der Waals surface area contributed by atoms with E-state index in [2.05, 4.69) is 0 Å². The Morgan fingerprint density at radius 3 is 2.48 bits per heavy atom. The smallest absolute Gasteiger partial charge is 0.311 e. The second-order valence-corrected chi connectivity index (χ2v) is 6.02. The molecule has 4 rings (SSSR count). The summed E-state index contributed by atoms with van der Waals surface area (Å²) in [6.45, 7) is 0. The Kier molecular flexibility index (Phi) is 4.58. The molecule has 0 amide bonds. The van der Waals surface area contributed by atoms with Crippen LogP contribution in [0.2, 0.25) is 0 Å². The number of hydrogen-bond acceptors (Lipinski definition) is 5. The average Bonchev–Trinajstić information content (AvgIpc) is 3.24. The number of rotatable bonds is 5. The first-order valence-corrected chi connectivity index (χ1v) is 8.57. The minimum absolute atomic E-state index is 0.108. The highest BCUT2D eigenvalue weighted by molar-refractivity contribution is 5.83. The maximum atomic E-state index is 12.9. The van der Waals surface area contributed by atoms with Crippen molar-refractivity contribution in [3.05, 3.63) is 88.8 Å². The topological polar surface area (TPSA) is 69.7 Å². The van der Waals surface area contributed by atoms with Crippen molar-refractivity contribution in [3.8, 4) is 17.3 Å². The van der Waals surface area contributed by atoms with Gasteiger partial charge in [0.2, 0.25) is 16.9 Å². The number of fused-ring (bicyclic) bond motifs is 1. The first kappa shape index (κ1) is 16.8. The minimum Gasteiger partial charge on any atom is -0.461 e. The van der Waals surface area contributed by atoms with Crippen LogP contribution in [0, 0.1) is 0 Å². The van der Waals surface area contributed by atoms with Gasteiger partial charge in [-0.1, -0.05) is 42.5 Å². The van der Waals surface area contributed by atoms with Gasteiger partial charge in [0.25, 0.3) is 0 Å². The van der Waals surface area contributed by atoms with Crippen molar-refractivity contribution < 1.29 is 18.4 Å². The summed E-state index contributed by atoms with van der Waals surface area (Å²) in [6.07, 6.45) is 2.13. The Balaban J connectivity index is 1.67. The molecule has 0 aliphatic rings. The van der Waals surface area contributed by atoms with Crippen LogP contribution in [0.3, 0.4) is 0 Å². The molecule has 0 fully saturated rings. The number of para-hydroxylation sites is 1. The fourth-order valence-electron chi connectivity index (χ4n) is 2.84. The molecule has 0 atom stereocenters. The van der Waals surface area contributed by atoms with Crippen molar-refractivity contribution in [2.24, 2.45) is 0 Å². The SMILES string of the molecule is O=C(CCc1ccccc1)Oc1c(-c2ccco2)oc2ccccc2c1=O. The van der Waals surface area contributed by atoms with Gasteiger partial charge in [0.15, 0.2) is 5.76 Å². The lowest BCUT2D eigenvalue weighted by atomic mass is 10.1. The molecule has 0 saturated heterocycles. The Morgan fingerprint density at radius 2 is 1.70 bits per heavy atom. The molecule has 27 heavy (non-hydrogen) atoms. The third-order valence-electron chi connectivity index (χ3n) is 4.18. The fourth-order valence-corrected chi connectivity index (χ4v) is 2.84. The van der Waals surface area contributed by atoms with Crippen molar-refractivity contribution in [2.45, 2.75) is 12.8 Å².